The van der Waals surface area contributed by atoms with Gasteiger partial charge in [-0.05, 0) is 37.6 Å². The highest BCUT2D eigenvalue weighted by molar-refractivity contribution is 6.03. The highest BCUT2D eigenvalue weighted by Gasteiger charge is 2.33. The Hall–Kier alpha value is -3.42. The first-order valence-electron chi connectivity index (χ1n) is 11.2. The van der Waals surface area contributed by atoms with Crippen LogP contribution in [0.4, 0.5) is 4.39 Å². The number of Topliss-reactive ketones (excluding diaryl/α,β-unsaturated/α-hetero) is 2. The molecule has 0 fully saturated rings. The molecule has 2 aromatic carbocycles. The number of carbonyl (C=O) groups is 3. The summed E-state index contributed by atoms with van der Waals surface area (Å²) in [6.07, 6.45) is 1.23. The molecule has 34 heavy (non-hydrogen) atoms. The Kier molecular flexibility index (Phi) is 9.18. The predicted octanol–water partition coefficient (Wildman–Crippen LogP) is 5.22. The molecule has 0 radical (unpaired) electrons. The van der Waals surface area contributed by atoms with E-state index in [0.717, 1.165) is 6.42 Å². The Bertz CT molecular complexity index is 1060. The average molecular weight is 475 g/mol. The standard InChI is InChI=1S/C26H31FO7/c1-5-8-18-21(12-11-17(16(2)28)23(18)31)33-13-7-14-34-24-19(9-6-10-20(24)27)25(32)26(3,4)15-22(29)30/h6,9-12,31H,5,7-8,13-15H2,1-4H3,(H,29,30). The van der Waals surface area contributed by atoms with Crippen molar-refractivity contribution in [3.8, 4) is 17.2 Å². The van der Waals surface area contributed by atoms with Crippen LogP contribution in [0.25, 0.3) is 0 Å². The van der Waals surface area contributed by atoms with Gasteiger partial charge in [0, 0.05) is 17.4 Å². The van der Waals surface area contributed by atoms with Crippen LogP contribution in [0.3, 0.4) is 0 Å². The van der Waals surface area contributed by atoms with E-state index in [2.05, 4.69) is 0 Å². The fraction of sp³-hybridized carbons (Fsp3) is 0.423. The number of ether oxygens (including phenoxy) is 2. The Morgan fingerprint density at radius 1 is 1.03 bits per heavy atom. The van der Waals surface area contributed by atoms with Crippen LogP contribution < -0.4 is 9.47 Å². The van der Waals surface area contributed by atoms with Gasteiger partial charge in [0.1, 0.15) is 11.5 Å². The molecule has 2 rings (SSSR count). The second-order valence-electron chi connectivity index (χ2n) is 8.70. The molecular formula is C26H31FO7. The number of hydrogen-bond acceptors (Lipinski definition) is 6. The van der Waals surface area contributed by atoms with E-state index in [0.29, 0.717) is 24.2 Å². The zero-order valence-corrected chi connectivity index (χ0v) is 19.9. The van der Waals surface area contributed by atoms with Gasteiger partial charge < -0.3 is 19.7 Å². The number of para-hydroxylation sites is 1. The minimum absolute atomic E-state index is 0.0119. The van der Waals surface area contributed by atoms with E-state index >= 15 is 0 Å². The first-order chi connectivity index (χ1) is 16.0. The molecule has 0 spiro atoms. The zero-order chi connectivity index (χ0) is 25.5. The van der Waals surface area contributed by atoms with Crippen LogP contribution in [-0.4, -0.2) is 41.0 Å². The molecule has 0 heterocycles. The van der Waals surface area contributed by atoms with E-state index < -0.39 is 29.4 Å². The van der Waals surface area contributed by atoms with Crippen LogP contribution in [0.1, 0.15) is 73.2 Å². The van der Waals surface area contributed by atoms with Crippen molar-refractivity contribution in [3.05, 3.63) is 52.8 Å². The van der Waals surface area contributed by atoms with Crippen LogP contribution in [0.15, 0.2) is 30.3 Å². The van der Waals surface area contributed by atoms with Crippen molar-refractivity contribution in [1.29, 1.82) is 0 Å². The van der Waals surface area contributed by atoms with Gasteiger partial charge in [0.2, 0.25) is 0 Å². The summed E-state index contributed by atoms with van der Waals surface area (Å²) in [7, 11) is 0. The van der Waals surface area contributed by atoms with Crippen molar-refractivity contribution in [2.24, 2.45) is 5.41 Å². The zero-order valence-electron chi connectivity index (χ0n) is 19.9. The highest BCUT2D eigenvalue weighted by Crippen LogP contribution is 2.34. The van der Waals surface area contributed by atoms with Gasteiger partial charge in [-0.3, -0.25) is 14.4 Å². The molecule has 7 nitrogen and oxygen atoms in total. The lowest BCUT2D eigenvalue weighted by Gasteiger charge is -2.22. The molecule has 8 heteroatoms. The van der Waals surface area contributed by atoms with Gasteiger partial charge in [-0.2, -0.15) is 0 Å². The molecular weight excluding hydrogens is 443 g/mol. The van der Waals surface area contributed by atoms with Crippen molar-refractivity contribution >= 4 is 17.5 Å². The maximum absolute atomic E-state index is 14.4. The fourth-order valence-electron chi connectivity index (χ4n) is 3.60. The number of phenols is 1. The predicted molar refractivity (Wildman–Crippen MR) is 124 cm³/mol. The highest BCUT2D eigenvalue weighted by atomic mass is 19.1. The number of carboxylic acids is 1. The third kappa shape index (κ3) is 6.56. The maximum atomic E-state index is 14.4. The van der Waals surface area contributed by atoms with Crippen LogP contribution in [0.5, 0.6) is 17.2 Å². The molecule has 2 N–H and O–H groups in total. The van der Waals surface area contributed by atoms with E-state index in [4.69, 9.17) is 14.6 Å². The molecule has 0 aromatic heterocycles. The Balaban J connectivity index is 2.07. The molecule has 0 aliphatic heterocycles. The summed E-state index contributed by atoms with van der Waals surface area (Å²) in [6, 6.07) is 7.11. The molecule has 0 saturated heterocycles. The van der Waals surface area contributed by atoms with Gasteiger partial charge in [0.25, 0.3) is 0 Å². The molecule has 0 unspecified atom stereocenters. The van der Waals surface area contributed by atoms with E-state index in [1.165, 1.54) is 45.0 Å². The lowest BCUT2D eigenvalue weighted by molar-refractivity contribution is -0.138. The van der Waals surface area contributed by atoms with Crippen LogP contribution >= 0.6 is 0 Å². The second-order valence-corrected chi connectivity index (χ2v) is 8.70. The number of phenolic OH excluding ortho intramolecular Hbond substituents is 1. The number of rotatable bonds is 13. The van der Waals surface area contributed by atoms with Gasteiger partial charge in [0.05, 0.1) is 30.8 Å². The number of ketones is 2. The molecule has 2 aromatic rings. The Labute approximate surface area is 198 Å². The van der Waals surface area contributed by atoms with E-state index in [1.807, 2.05) is 6.92 Å². The summed E-state index contributed by atoms with van der Waals surface area (Å²) in [6.45, 7) is 6.55. The number of halogens is 1. The average Bonchev–Trinajstić information content (AvgIpc) is 2.75. The molecule has 0 amide bonds. The minimum Gasteiger partial charge on any atom is -0.507 e. The number of hydrogen-bond donors (Lipinski definition) is 2. The third-order valence-corrected chi connectivity index (χ3v) is 5.33. The van der Waals surface area contributed by atoms with Crippen molar-refractivity contribution in [2.45, 2.75) is 53.4 Å². The molecule has 0 aliphatic carbocycles. The van der Waals surface area contributed by atoms with Crippen LogP contribution in [0, 0.1) is 11.2 Å². The quantitative estimate of drug-likeness (QED) is 0.303. The summed E-state index contributed by atoms with van der Waals surface area (Å²) in [5.74, 6) is -2.45. The van der Waals surface area contributed by atoms with Gasteiger partial charge >= 0.3 is 5.97 Å². The van der Waals surface area contributed by atoms with E-state index in [9.17, 15) is 23.9 Å². The van der Waals surface area contributed by atoms with Gasteiger partial charge in [-0.15, -0.1) is 0 Å². The lowest BCUT2D eigenvalue weighted by atomic mass is 9.81. The smallest absolute Gasteiger partial charge is 0.304 e. The Morgan fingerprint density at radius 2 is 1.71 bits per heavy atom. The molecule has 0 aliphatic rings. The molecule has 184 valence electrons. The third-order valence-electron chi connectivity index (χ3n) is 5.33. The number of carbonyl (C=O) groups excluding carboxylic acids is 2. The molecule has 0 saturated carbocycles. The first-order valence-corrected chi connectivity index (χ1v) is 11.2. The van der Waals surface area contributed by atoms with Crippen molar-refractivity contribution in [1.82, 2.24) is 0 Å². The number of aliphatic carboxylic acids is 1. The fourth-order valence-corrected chi connectivity index (χ4v) is 3.60. The number of aromatic hydroxyl groups is 1. The van der Waals surface area contributed by atoms with Gasteiger partial charge in [0.15, 0.2) is 23.1 Å². The van der Waals surface area contributed by atoms with Crippen molar-refractivity contribution < 1.29 is 38.5 Å². The van der Waals surface area contributed by atoms with Gasteiger partial charge in [-0.25, -0.2) is 4.39 Å². The Morgan fingerprint density at radius 3 is 2.32 bits per heavy atom. The van der Waals surface area contributed by atoms with Crippen LogP contribution in [0.2, 0.25) is 0 Å². The largest absolute Gasteiger partial charge is 0.507 e. The minimum atomic E-state index is -1.23. The van der Waals surface area contributed by atoms with Gasteiger partial charge in [-0.1, -0.05) is 33.3 Å². The summed E-state index contributed by atoms with van der Waals surface area (Å²) in [5.41, 5.74) is -0.451. The first kappa shape index (κ1) is 26.8. The van der Waals surface area contributed by atoms with Crippen LogP contribution in [-0.2, 0) is 11.2 Å². The van der Waals surface area contributed by atoms with E-state index in [1.54, 1.807) is 6.07 Å². The monoisotopic (exact) mass is 474 g/mol. The summed E-state index contributed by atoms with van der Waals surface area (Å²) in [4.78, 5) is 35.7. The van der Waals surface area contributed by atoms with Crippen molar-refractivity contribution in [2.75, 3.05) is 13.2 Å². The summed E-state index contributed by atoms with van der Waals surface area (Å²) < 4.78 is 25.8. The van der Waals surface area contributed by atoms with E-state index in [-0.39, 0.29) is 41.6 Å². The number of carboxylic acid groups (broad SMARTS) is 1. The summed E-state index contributed by atoms with van der Waals surface area (Å²) >= 11 is 0. The topological polar surface area (TPSA) is 110 Å². The normalized spacial score (nSPS) is 11.2. The maximum Gasteiger partial charge on any atom is 0.304 e. The molecule has 0 atom stereocenters. The summed E-state index contributed by atoms with van der Waals surface area (Å²) in [5, 5.41) is 19.5. The lowest BCUT2D eigenvalue weighted by Crippen LogP contribution is -2.28. The number of benzene rings is 2. The molecule has 0 bridgehead atoms. The second kappa shape index (κ2) is 11.6. The SMILES string of the molecule is CCCc1c(OCCCOc2c(F)cccc2C(=O)C(C)(C)CC(=O)O)ccc(C(C)=O)c1O. The van der Waals surface area contributed by atoms with Crippen molar-refractivity contribution in [3.63, 3.8) is 0 Å².